The number of nitriles is 1. The number of halogens is 1. The van der Waals surface area contributed by atoms with Crippen LogP contribution in [0.25, 0.3) is 0 Å². The molecule has 1 aromatic carbocycles. The van der Waals surface area contributed by atoms with E-state index in [1.54, 1.807) is 0 Å². The largest absolute Gasteiger partial charge is 0.383 e. The molecule has 1 aromatic rings. The van der Waals surface area contributed by atoms with Gasteiger partial charge in [-0.15, -0.1) is 0 Å². The Balaban J connectivity index is 2.14. The Morgan fingerprint density at radius 1 is 1.53 bits per heavy atom. The summed E-state index contributed by atoms with van der Waals surface area (Å²) >= 11 is 3.38. The summed E-state index contributed by atoms with van der Waals surface area (Å²) in [6.07, 6.45) is 2.58. The van der Waals surface area contributed by atoms with Crippen molar-refractivity contribution < 1.29 is 0 Å². The number of hydrogen-bond acceptors (Lipinski definition) is 2. The van der Waals surface area contributed by atoms with Gasteiger partial charge < -0.3 is 5.32 Å². The number of nitrogens with zero attached hydrogens (tertiary/aromatic N) is 1. The molecule has 0 amide bonds. The number of nitrogens with one attached hydrogen (secondary N) is 1. The molecule has 1 aliphatic carbocycles. The lowest BCUT2D eigenvalue weighted by Crippen LogP contribution is -2.12. The fourth-order valence-electron chi connectivity index (χ4n) is 1.48. The molecule has 1 N–H and O–H groups in total. The highest BCUT2D eigenvalue weighted by Crippen LogP contribution is 2.44. The summed E-state index contributed by atoms with van der Waals surface area (Å²) in [5.74, 6) is 0. The Bertz CT molecular complexity index is 416. The maximum Gasteiger partial charge on any atom is 0.103 e. The van der Waals surface area contributed by atoms with Crippen molar-refractivity contribution in [3.8, 4) is 6.07 Å². The summed E-state index contributed by atoms with van der Waals surface area (Å²) in [6, 6.07) is 8.00. The van der Waals surface area contributed by atoms with Gasteiger partial charge in [-0.05, 0) is 46.3 Å². The number of rotatable bonds is 3. The highest BCUT2D eigenvalue weighted by molar-refractivity contribution is 9.10. The third kappa shape index (κ3) is 2.32. The molecule has 0 heterocycles. The van der Waals surface area contributed by atoms with E-state index in [9.17, 15) is 0 Å². The second-order valence-electron chi connectivity index (χ2n) is 4.44. The van der Waals surface area contributed by atoms with Gasteiger partial charge in [0.05, 0.1) is 11.3 Å². The van der Waals surface area contributed by atoms with Crippen LogP contribution in [0.1, 0.15) is 25.3 Å². The molecule has 0 bridgehead atoms. The van der Waals surface area contributed by atoms with E-state index in [-0.39, 0.29) is 0 Å². The van der Waals surface area contributed by atoms with Gasteiger partial charge in [0.2, 0.25) is 0 Å². The Labute approximate surface area is 98.4 Å². The lowest BCUT2D eigenvalue weighted by Gasteiger charge is -2.13. The number of anilines is 1. The van der Waals surface area contributed by atoms with Crippen LogP contribution in [-0.2, 0) is 0 Å². The van der Waals surface area contributed by atoms with Gasteiger partial charge in [0.1, 0.15) is 6.07 Å². The molecule has 78 valence electrons. The minimum atomic E-state index is 0.453. The molecule has 0 aliphatic heterocycles. The molecule has 2 nitrogen and oxygen atoms in total. The summed E-state index contributed by atoms with van der Waals surface area (Å²) in [4.78, 5) is 0. The van der Waals surface area contributed by atoms with Crippen molar-refractivity contribution in [2.24, 2.45) is 5.41 Å². The van der Waals surface area contributed by atoms with Gasteiger partial charge >= 0.3 is 0 Å². The van der Waals surface area contributed by atoms with Crippen LogP contribution >= 0.6 is 15.9 Å². The van der Waals surface area contributed by atoms with E-state index in [1.807, 2.05) is 18.2 Å². The highest BCUT2D eigenvalue weighted by Gasteiger charge is 2.36. The van der Waals surface area contributed by atoms with Crippen LogP contribution in [0.3, 0.4) is 0 Å². The van der Waals surface area contributed by atoms with Gasteiger partial charge in [0.25, 0.3) is 0 Å². The maximum absolute atomic E-state index is 9.02. The van der Waals surface area contributed by atoms with Crippen molar-refractivity contribution >= 4 is 21.6 Å². The molecule has 1 fully saturated rings. The summed E-state index contributed by atoms with van der Waals surface area (Å²) in [5.41, 5.74) is 2.08. The van der Waals surface area contributed by atoms with Gasteiger partial charge in [0.15, 0.2) is 0 Å². The molecule has 0 unspecified atom stereocenters. The van der Waals surface area contributed by atoms with Crippen molar-refractivity contribution in [2.45, 2.75) is 19.8 Å². The lowest BCUT2D eigenvalue weighted by atomic mass is 10.1. The molecule has 0 radical (unpaired) electrons. The third-order valence-electron chi connectivity index (χ3n) is 2.93. The first kappa shape index (κ1) is 10.5. The average Bonchev–Trinajstić information content (AvgIpc) is 2.94. The molecular formula is C12H13BrN2. The smallest absolute Gasteiger partial charge is 0.103 e. The summed E-state index contributed by atoms with van der Waals surface area (Å²) < 4.78 is 0.857. The van der Waals surface area contributed by atoms with Crippen molar-refractivity contribution in [3.63, 3.8) is 0 Å². The van der Waals surface area contributed by atoms with Gasteiger partial charge in [0, 0.05) is 11.0 Å². The van der Waals surface area contributed by atoms with E-state index in [0.717, 1.165) is 16.7 Å². The Morgan fingerprint density at radius 2 is 2.27 bits per heavy atom. The van der Waals surface area contributed by atoms with Crippen LogP contribution in [0.15, 0.2) is 22.7 Å². The zero-order valence-electron chi connectivity index (χ0n) is 8.68. The third-order valence-corrected chi connectivity index (χ3v) is 3.60. The van der Waals surface area contributed by atoms with Crippen molar-refractivity contribution in [1.29, 1.82) is 5.26 Å². The van der Waals surface area contributed by atoms with Crippen molar-refractivity contribution in [1.82, 2.24) is 0 Å². The molecule has 0 atom stereocenters. The fraction of sp³-hybridized carbons (Fsp3) is 0.417. The van der Waals surface area contributed by atoms with Crippen LogP contribution < -0.4 is 5.32 Å². The fourth-order valence-corrected chi connectivity index (χ4v) is 1.94. The molecule has 0 aromatic heterocycles. The topological polar surface area (TPSA) is 35.8 Å². The van der Waals surface area contributed by atoms with Gasteiger partial charge in [-0.3, -0.25) is 0 Å². The Hall–Kier alpha value is -1.01. The van der Waals surface area contributed by atoms with E-state index in [4.69, 9.17) is 5.26 Å². The SMILES string of the molecule is CC1(CNc2cccc(Br)c2C#N)CC1. The second kappa shape index (κ2) is 3.86. The van der Waals surface area contributed by atoms with E-state index in [2.05, 4.69) is 34.2 Å². The first-order valence-electron chi connectivity index (χ1n) is 5.07. The van der Waals surface area contributed by atoms with Crippen LogP contribution in [-0.4, -0.2) is 6.54 Å². The van der Waals surface area contributed by atoms with Crippen LogP contribution in [0.5, 0.6) is 0 Å². The lowest BCUT2D eigenvalue weighted by molar-refractivity contribution is 0.610. The van der Waals surface area contributed by atoms with E-state index >= 15 is 0 Å². The van der Waals surface area contributed by atoms with Gasteiger partial charge in [-0.2, -0.15) is 5.26 Å². The minimum Gasteiger partial charge on any atom is -0.383 e. The van der Waals surface area contributed by atoms with Crippen LogP contribution in [0.4, 0.5) is 5.69 Å². The van der Waals surface area contributed by atoms with Crippen LogP contribution in [0, 0.1) is 16.7 Å². The molecule has 15 heavy (non-hydrogen) atoms. The standard InChI is InChI=1S/C12H13BrN2/c1-12(5-6-12)8-15-11-4-2-3-10(13)9(11)7-14/h2-4,15H,5-6,8H2,1H3. The van der Waals surface area contributed by atoms with E-state index in [1.165, 1.54) is 12.8 Å². The molecular weight excluding hydrogens is 252 g/mol. The van der Waals surface area contributed by atoms with E-state index in [0.29, 0.717) is 11.0 Å². The van der Waals surface area contributed by atoms with E-state index < -0.39 is 0 Å². The predicted molar refractivity (Wildman–Crippen MR) is 64.7 cm³/mol. The quantitative estimate of drug-likeness (QED) is 0.907. The number of hydrogen-bond donors (Lipinski definition) is 1. The Morgan fingerprint density at radius 3 is 2.87 bits per heavy atom. The van der Waals surface area contributed by atoms with Crippen LogP contribution in [0.2, 0.25) is 0 Å². The van der Waals surface area contributed by atoms with Gasteiger partial charge in [-0.1, -0.05) is 13.0 Å². The predicted octanol–water partition coefficient (Wildman–Crippen LogP) is 3.53. The maximum atomic E-state index is 9.02. The first-order chi connectivity index (χ1) is 7.14. The molecule has 1 aliphatic rings. The van der Waals surface area contributed by atoms with Crippen molar-refractivity contribution in [2.75, 3.05) is 11.9 Å². The Kier molecular flexibility index (Phi) is 2.70. The van der Waals surface area contributed by atoms with Gasteiger partial charge in [-0.25, -0.2) is 0 Å². The average molecular weight is 265 g/mol. The van der Waals surface area contributed by atoms with Crippen molar-refractivity contribution in [3.05, 3.63) is 28.2 Å². The molecule has 0 saturated heterocycles. The zero-order valence-corrected chi connectivity index (χ0v) is 10.3. The minimum absolute atomic E-state index is 0.453. The molecule has 3 heteroatoms. The highest BCUT2D eigenvalue weighted by atomic mass is 79.9. The summed E-state index contributed by atoms with van der Waals surface area (Å²) in [5, 5.41) is 12.4. The number of benzene rings is 1. The normalized spacial score (nSPS) is 16.9. The molecule has 2 rings (SSSR count). The first-order valence-corrected chi connectivity index (χ1v) is 5.86. The summed E-state index contributed by atoms with van der Waals surface area (Å²) in [7, 11) is 0. The zero-order chi connectivity index (χ0) is 10.9. The summed E-state index contributed by atoms with van der Waals surface area (Å²) in [6.45, 7) is 3.22. The monoisotopic (exact) mass is 264 g/mol. The molecule has 0 spiro atoms. The second-order valence-corrected chi connectivity index (χ2v) is 5.29. The molecule has 1 saturated carbocycles.